The number of fused-ring (bicyclic) bond motifs is 4. The lowest BCUT2D eigenvalue weighted by Gasteiger charge is -2.60. The Labute approximate surface area is 186 Å². The summed E-state index contributed by atoms with van der Waals surface area (Å²) in [5.41, 5.74) is 6.06. The van der Waals surface area contributed by atoms with Crippen LogP contribution >= 0.6 is 0 Å². The summed E-state index contributed by atoms with van der Waals surface area (Å²) in [6.07, 6.45) is 15.3. The van der Waals surface area contributed by atoms with Crippen molar-refractivity contribution in [2.24, 2.45) is 39.9 Å². The van der Waals surface area contributed by atoms with E-state index in [1.807, 2.05) is 11.1 Å². The number of allylic oxidation sites excluding steroid dienone is 4. The fourth-order valence-electron chi connectivity index (χ4n) is 9.00. The smallest absolute Gasteiger partial charge is 0.0594 e. The molecular weight excluding hydrogens is 364 g/mol. The SMILES string of the molecule is CC(C)=CCC[C@H](C)[C@@H]1CC[C@]2(C)C3=C(CC[C@H]12)[C@]1(C)CC[C@@H](O)C(C)(C)[C@H]1CC3. The molecule has 0 aromatic heterocycles. The third-order valence-electron chi connectivity index (χ3n) is 10.8. The minimum atomic E-state index is -0.123. The van der Waals surface area contributed by atoms with Crippen LogP contribution in [0.1, 0.15) is 113 Å². The zero-order valence-electron chi connectivity index (χ0n) is 21.0. The van der Waals surface area contributed by atoms with Crippen molar-refractivity contribution in [3.63, 3.8) is 0 Å². The van der Waals surface area contributed by atoms with E-state index in [-0.39, 0.29) is 11.5 Å². The molecule has 2 fully saturated rings. The Morgan fingerprint density at radius 3 is 2.30 bits per heavy atom. The van der Waals surface area contributed by atoms with Gasteiger partial charge in [-0.3, -0.25) is 0 Å². The monoisotopic (exact) mass is 412 g/mol. The molecular formula is C29H48O. The van der Waals surface area contributed by atoms with Crippen LogP contribution in [0.5, 0.6) is 0 Å². The lowest BCUT2D eigenvalue weighted by atomic mass is 9.45. The maximum atomic E-state index is 10.8. The number of rotatable bonds is 4. The van der Waals surface area contributed by atoms with Gasteiger partial charge in [0.25, 0.3) is 0 Å². The molecule has 0 spiro atoms. The van der Waals surface area contributed by atoms with Crippen molar-refractivity contribution in [1.82, 2.24) is 0 Å². The van der Waals surface area contributed by atoms with Gasteiger partial charge in [0.1, 0.15) is 0 Å². The number of hydrogen-bond acceptors (Lipinski definition) is 1. The van der Waals surface area contributed by atoms with Gasteiger partial charge >= 0.3 is 0 Å². The predicted molar refractivity (Wildman–Crippen MR) is 128 cm³/mol. The van der Waals surface area contributed by atoms with E-state index < -0.39 is 0 Å². The highest BCUT2D eigenvalue weighted by atomic mass is 16.3. The standard InChI is InChI=1S/C29H48O/c1-19(2)9-8-10-20(3)21-15-17-28(6)22(21)11-12-24-23(28)13-14-25-27(4,5)26(30)16-18-29(24,25)7/h9,20-22,25-26,30H,8,10-18H2,1-7H3/t20-,21-,22+,25+,26+,28-,29-/m0/s1. The highest BCUT2D eigenvalue weighted by molar-refractivity contribution is 5.37. The summed E-state index contributed by atoms with van der Waals surface area (Å²) < 4.78 is 0. The molecule has 4 aliphatic carbocycles. The number of aliphatic hydroxyl groups is 1. The summed E-state index contributed by atoms with van der Waals surface area (Å²) in [5, 5.41) is 10.8. The van der Waals surface area contributed by atoms with Crippen molar-refractivity contribution in [2.45, 2.75) is 119 Å². The maximum absolute atomic E-state index is 10.8. The predicted octanol–water partition coefficient (Wildman–Crippen LogP) is 8.09. The molecule has 1 heteroatoms. The molecule has 4 aliphatic rings. The van der Waals surface area contributed by atoms with Gasteiger partial charge in [-0.1, -0.05) is 57.4 Å². The molecule has 0 bridgehead atoms. The van der Waals surface area contributed by atoms with Crippen LogP contribution < -0.4 is 0 Å². The van der Waals surface area contributed by atoms with Crippen LogP contribution in [0.3, 0.4) is 0 Å². The summed E-state index contributed by atoms with van der Waals surface area (Å²) in [6.45, 7) is 16.9. The lowest BCUT2D eigenvalue weighted by Crippen LogP contribution is -2.53. The topological polar surface area (TPSA) is 20.2 Å². The minimum absolute atomic E-state index is 0.0565. The highest BCUT2D eigenvalue weighted by Crippen LogP contribution is 2.68. The third kappa shape index (κ3) is 3.37. The van der Waals surface area contributed by atoms with Gasteiger partial charge in [-0.15, -0.1) is 0 Å². The van der Waals surface area contributed by atoms with E-state index in [0.717, 1.165) is 24.2 Å². The van der Waals surface area contributed by atoms with Crippen molar-refractivity contribution in [2.75, 3.05) is 0 Å². The van der Waals surface area contributed by atoms with Crippen LogP contribution in [0, 0.1) is 39.9 Å². The summed E-state index contributed by atoms with van der Waals surface area (Å²) >= 11 is 0. The van der Waals surface area contributed by atoms with Crippen LogP contribution in [0.15, 0.2) is 22.8 Å². The van der Waals surface area contributed by atoms with E-state index in [1.165, 1.54) is 63.4 Å². The van der Waals surface area contributed by atoms with E-state index in [1.54, 1.807) is 0 Å². The summed E-state index contributed by atoms with van der Waals surface area (Å²) in [7, 11) is 0. The molecule has 0 amide bonds. The Hall–Kier alpha value is -0.560. The average Bonchev–Trinajstić information content (AvgIpc) is 3.02. The first kappa shape index (κ1) is 22.6. The average molecular weight is 413 g/mol. The largest absolute Gasteiger partial charge is 0.393 e. The molecule has 0 saturated heterocycles. The first-order chi connectivity index (χ1) is 14.0. The van der Waals surface area contributed by atoms with Gasteiger partial charge in [-0.05, 0) is 118 Å². The summed E-state index contributed by atoms with van der Waals surface area (Å²) in [6, 6.07) is 0. The van der Waals surface area contributed by atoms with Gasteiger partial charge in [-0.25, -0.2) is 0 Å². The van der Waals surface area contributed by atoms with E-state index in [4.69, 9.17) is 0 Å². The molecule has 1 N–H and O–H groups in total. The van der Waals surface area contributed by atoms with Crippen molar-refractivity contribution in [3.05, 3.63) is 22.8 Å². The molecule has 4 rings (SSSR count). The van der Waals surface area contributed by atoms with Crippen LogP contribution in [-0.2, 0) is 0 Å². The zero-order valence-corrected chi connectivity index (χ0v) is 21.0. The van der Waals surface area contributed by atoms with Crippen molar-refractivity contribution >= 4 is 0 Å². The number of hydrogen-bond donors (Lipinski definition) is 1. The van der Waals surface area contributed by atoms with E-state index in [2.05, 4.69) is 54.5 Å². The van der Waals surface area contributed by atoms with Gasteiger partial charge in [0.15, 0.2) is 0 Å². The Bertz CT molecular complexity index is 723. The quantitative estimate of drug-likeness (QED) is 0.462. The van der Waals surface area contributed by atoms with E-state index >= 15 is 0 Å². The van der Waals surface area contributed by atoms with Crippen molar-refractivity contribution in [1.29, 1.82) is 0 Å². The molecule has 0 unspecified atom stereocenters. The summed E-state index contributed by atoms with van der Waals surface area (Å²) in [4.78, 5) is 0. The fraction of sp³-hybridized carbons (Fsp3) is 0.862. The molecule has 7 atom stereocenters. The van der Waals surface area contributed by atoms with Gasteiger partial charge in [0.05, 0.1) is 6.10 Å². The Morgan fingerprint density at radius 1 is 0.967 bits per heavy atom. The molecule has 1 nitrogen and oxygen atoms in total. The highest BCUT2D eigenvalue weighted by Gasteiger charge is 2.59. The Morgan fingerprint density at radius 2 is 1.60 bits per heavy atom. The van der Waals surface area contributed by atoms with E-state index in [9.17, 15) is 5.11 Å². The molecule has 0 aliphatic heterocycles. The minimum Gasteiger partial charge on any atom is -0.393 e. The zero-order chi connectivity index (χ0) is 21.9. The molecule has 0 aromatic rings. The lowest BCUT2D eigenvalue weighted by molar-refractivity contribution is -0.0931. The maximum Gasteiger partial charge on any atom is 0.0594 e. The van der Waals surface area contributed by atoms with Gasteiger partial charge in [0, 0.05) is 0 Å². The molecule has 170 valence electrons. The number of aliphatic hydroxyl groups excluding tert-OH is 1. The fourth-order valence-corrected chi connectivity index (χ4v) is 9.00. The van der Waals surface area contributed by atoms with Crippen molar-refractivity contribution < 1.29 is 5.11 Å². The van der Waals surface area contributed by atoms with E-state index in [0.29, 0.717) is 16.7 Å². The van der Waals surface area contributed by atoms with Crippen LogP contribution in [0.2, 0.25) is 0 Å². The molecule has 30 heavy (non-hydrogen) atoms. The molecule has 0 heterocycles. The van der Waals surface area contributed by atoms with Gasteiger partial charge in [-0.2, -0.15) is 0 Å². The second kappa shape index (κ2) is 7.79. The van der Waals surface area contributed by atoms with Gasteiger partial charge < -0.3 is 5.11 Å². The van der Waals surface area contributed by atoms with Crippen LogP contribution in [0.25, 0.3) is 0 Å². The molecule has 0 radical (unpaired) electrons. The first-order valence-corrected chi connectivity index (χ1v) is 13.1. The van der Waals surface area contributed by atoms with Crippen LogP contribution in [0.4, 0.5) is 0 Å². The second-order valence-electron chi connectivity index (χ2n) is 12.9. The Kier molecular flexibility index (Phi) is 5.87. The molecule has 0 aromatic carbocycles. The van der Waals surface area contributed by atoms with Crippen LogP contribution in [-0.4, -0.2) is 11.2 Å². The second-order valence-corrected chi connectivity index (χ2v) is 12.9. The van der Waals surface area contributed by atoms with Crippen molar-refractivity contribution in [3.8, 4) is 0 Å². The van der Waals surface area contributed by atoms with Gasteiger partial charge in [0.2, 0.25) is 0 Å². The first-order valence-electron chi connectivity index (χ1n) is 13.1. The Balaban J connectivity index is 1.59. The normalized spacial score (nSPS) is 43.5. The molecule has 2 saturated carbocycles. The third-order valence-corrected chi connectivity index (χ3v) is 10.8. The summed E-state index contributed by atoms with van der Waals surface area (Å²) in [5.74, 6) is 3.32.